The summed E-state index contributed by atoms with van der Waals surface area (Å²) in [4.78, 5) is 12.1. The number of fused-ring (bicyclic) bond motifs is 1. The molecule has 0 radical (unpaired) electrons. The number of methoxy groups -OCH3 is 1. The minimum atomic E-state index is -0.580. The van der Waals surface area contributed by atoms with E-state index in [4.69, 9.17) is 27.9 Å². The van der Waals surface area contributed by atoms with Crippen LogP contribution in [-0.4, -0.2) is 13.0 Å². The van der Waals surface area contributed by atoms with Crippen LogP contribution in [0.2, 0.25) is 10.0 Å². The number of ether oxygens (including phenoxy) is 1. The van der Waals surface area contributed by atoms with E-state index in [1.165, 1.54) is 19.2 Å². The van der Waals surface area contributed by atoms with Crippen molar-refractivity contribution >= 4 is 46.4 Å². The number of anilines is 1. The van der Waals surface area contributed by atoms with Crippen LogP contribution >= 0.6 is 23.2 Å². The van der Waals surface area contributed by atoms with Crippen LogP contribution in [0.5, 0.6) is 5.75 Å². The van der Waals surface area contributed by atoms with Gasteiger partial charge in [0.15, 0.2) is 0 Å². The zero-order chi connectivity index (χ0) is 15.9. The van der Waals surface area contributed by atoms with E-state index in [0.717, 1.165) is 5.56 Å². The molecule has 0 aromatic heterocycles. The number of benzene rings is 2. The van der Waals surface area contributed by atoms with Gasteiger partial charge in [-0.1, -0.05) is 29.3 Å². The van der Waals surface area contributed by atoms with E-state index in [0.29, 0.717) is 27.6 Å². The molecule has 3 nitrogen and oxygen atoms in total. The van der Waals surface area contributed by atoms with Crippen LogP contribution in [0, 0.1) is 5.82 Å². The zero-order valence-electron chi connectivity index (χ0n) is 11.4. The van der Waals surface area contributed by atoms with Gasteiger partial charge in [0.2, 0.25) is 0 Å². The number of carbonyl (C=O) groups excluding carboxylic acids is 1. The first-order valence-corrected chi connectivity index (χ1v) is 7.11. The predicted octanol–water partition coefficient (Wildman–Crippen LogP) is 4.63. The third kappa shape index (κ3) is 2.56. The molecule has 0 unspecified atom stereocenters. The van der Waals surface area contributed by atoms with Gasteiger partial charge in [0.1, 0.15) is 11.6 Å². The predicted molar refractivity (Wildman–Crippen MR) is 85.9 cm³/mol. The Hall–Kier alpha value is -2.04. The maximum absolute atomic E-state index is 13.5. The highest BCUT2D eigenvalue weighted by atomic mass is 35.5. The number of halogens is 3. The van der Waals surface area contributed by atoms with Crippen LogP contribution < -0.4 is 10.1 Å². The Kier molecular flexibility index (Phi) is 3.81. The second-order valence-corrected chi connectivity index (χ2v) is 5.55. The average molecular weight is 338 g/mol. The number of nitrogens with one attached hydrogen (secondary N) is 1. The molecule has 6 heteroatoms. The second-order valence-electron chi connectivity index (χ2n) is 4.71. The fraction of sp³-hybridized carbons (Fsp3) is 0.0625. The molecule has 2 aromatic carbocycles. The summed E-state index contributed by atoms with van der Waals surface area (Å²) in [7, 11) is 1.42. The van der Waals surface area contributed by atoms with Gasteiger partial charge in [-0.05, 0) is 24.3 Å². The molecule has 1 amide bonds. The van der Waals surface area contributed by atoms with Gasteiger partial charge in [0.25, 0.3) is 5.91 Å². The summed E-state index contributed by atoms with van der Waals surface area (Å²) in [6.45, 7) is 0. The Morgan fingerprint density at radius 3 is 2.73 bits per heavy atom. The minimum absolute atomic E-state index is 0.0395. The van der Waals surface area contributed by atoms with E-state index in [2.05, 4.69) is 5.32 Å². The number of hydrogen-bond acceptors (Lipinski definition) is 2. The van der Waals surface area contributed by atoms with Gasteiger partial charge in [-0.25, -0.2) is 4.39 Å². The molecule has 0 fully saturated rings. The molecule has 0 saturated heterocycles. The van der Waals surface area contributed by atoms with E-state index in [-0.39, 0.29) is 10.9 Å². The lowest BCUT2D eigenvalue weighted by atomic mass is 10.0. The number of carbonyl (C=O) groups is 1. The summed E-state index contributed by atoms with van der Waals surface area (Å²) in [6, 6.07) is 7.72. The third-order valence-electron chi connectivity index (χ3n) is 3.34. The minimum Gasteiger partial charge on any atom is -0.496 e. The van der Waals surface area contributed by atoms with Gasteiger partial charge in [0, 0.05) is 27.8 Å². The molecular formula is C16H10Cl2FNO2. The van der Waals surface area contributed by atoms with Crippen molar-refractivity contribution in [1.29, 1.82) is 0 Å². The van der Waals surface area contributed by atoms with Crippen molar-refractivity contribution in [2.24, 2.45) is 0 Å². The van der Waals surface area contributed by atoms with Gasteiger partial charge >= 0.3 is 0 Å². The van der Waals surface area contributed by atoms with Crippen molar-refractivity contribution < 1.29 is 13.9 Å². The zero-order valence-corrected chi connectivity index (χ0v) is 12.9. The molecule has 2 aromatic rings. The quantitative estimate of drug-likeness (QED) is 0.811. The first kappa shape index (κ1) is 14.9. The van der Waals surface area contributed by atoms with Crippen LogP contribution in [0.4, 0.5) is 10.1 Å². The Morgan fingerprint density at radius 1 is 1.23 bits per heavy atom. The summed E-state index contributed by atoms with van der Waals surface area (Å²) in [5.74, 6) is -0.548. The molecule has 0 atom stereocenters. The monoisotopic (exact) mass is 337 g/mol. The van der Waals surface area contributed by atoms with Crippen molar-refractivity contribution in [3.05, 3.63) is 57.3 Å². The summed E-state index contributed by atoms with van der Waals surface area (Å²) in [6.07, 6.45) is 1.61. The molecule has 1 heterocycles. The standard InChI is InChI=1S/C16H10Cl2FNO2/c1-22-15-7-13(19)12(18)5-8(15)4-11-10-3-2-9(17)6-14(10)20-16(11)21/h2-7H,1H3,(H,20,21)/b11-4+. The van der Waals surface area contributed by atoms with Crippen LogP contribution in [0.1, 0.15) is 11.1 Å². The fourth-order valence-electron chi connectivity index (χ4n) is 2.30. The topological polar surface area (TPSA) is 38.3 Å². The molecule has 3 rings (SSSR count). The highest BCUT2D eigenvalue weighted by Crippen LogP contribution is 2.37. The largest absolute Gasteiger partial charge is 0.496 e. The Bertz CT molecular complexity index is 818. The van der Waals surface area contributed by atoms with Crippen molar-refractivity contribution in [3.63, 3.8) is 0 Å². The van der Waals surface area contributed by atoms with Gasteiger partial charge < -0.3 is 10.1 Å². The highest BCUT2D eigenvalue weighted by Gasteiger charge is 2.24. The van der Waals surface area contributed by atoms with Gasteiger partial charge in [-0.2, -0.15) is 0 Å². The lowest BCUT2D eigenvalue weighted by Crippen LogP contribution is -2.03. The molecule has 1 aliphatic rings. The average Bonchev–Trinajstić information content (AvgIpc) is 2.77. The number of amides is 1. The van der Waals surface area contributed by atoms with Gasteiger partial charge in [-0.3, -0.25) is 4.79 Å². The summed E-state index contributed by atoms with van der Waals surface area (Å²) >= 11 is 11.7. The van der Waals surface area contributed by atoms with Crippen LogP contribution in [0.3, 0.4) is 0 Å². The van der Waals surface area contributed by atoms with Crippen molar-refractivity contribution in [1.82, 2.24) is 0 Å². The maximum Gasteiger partial charge on any atom is 0.256 e. The number of rotatable bonds is 2. The Morgan fingerprint density at radius 2 is 2.00 bits per heavy atom. The highest BCUT2D eigenvalue weighted by molar-refractivity contribution is 6.37. The van der Waals surface area contributed by atoms with E-state index >= 15 is 0 Å². The molecule has 0 aliphatic carbocycles. The maximum atomic E-state index is 13.5. The summed E-state index contributed by atoms with van der Waals surface area (Å²) in [5.41, 5.74) is 2.31. The normalized spacial score (nSPS) is 14.9. The van der Waals surface area contributed by atoms with Crippen LogP contribution in [0.25, 0.3) is 11.6 Å². The molecule has 1 N–H and O–H groups in total. The van der Waals surface area contributed by atoms with Crippen LogP contribution in [-0.2, 0) is 4.79 Å². The third-order valence-corrected chi connectivity index (χ3v) is 3.86. The summed E-state index contributed by atoms with van der Waals surface area (Å²) < 4.78 is 18.6. The molecule has 0 saturated carbocycles. The molecule has 1 aliphatic heterocycles. The SMILES string of the molecule is COc1cc(F)c(Cl)cc1/C=C1/C(=O)Nc2cc(Cl)ccc21. The molecule has 0 spiro atoms. The lowest BCUT2D eigenvalue weighted by molar-refractivity contribution is -0.110. The molecule has 22 heavy (non-hydrogen) atoms. The Labute approximate surface area is 136 Å². The van der Waals surface area contributed by atoms with Crippen LogP contribution in [0.15, 0.2) is 30.3 Å². The van der Waals surface area contributed by atoms with Crippen molar-refractivity contribution in [2.75, 3.05) is 12.4 Å². The van der Waals surface area contributed by atoms with Gasteiger partial charge in [-0.15, -0.1) is 0 Å². The first-order chi connectivity index (χ1) is 10.5. The smallest absolute Gasteiger partial charge is 0.256 e. The van der Waals surface area contributed by atoms with E-state index in [1.54, 1.807) is 24.3 Å². The van der Waals surface area contributed by atoms with Gasteiger partial charge in [0.05, 0.1) is 17.8 Å². The molecular weight excluding hydrogens is 328 g/mol. The summed E-state index contributed by atoms with van der Waals surface area (Å²) in [5, 5.41) is 3.22. The molecule has 0 bridgehead atoms. The van der Waals surface area contributed by atoms with E-state index < -0.39 is 5.82 Å². The first-order valence-electron chi connectivity index (χ1n) is 6.35. The van der Waals surface area contributed by atoms with Crippen molar-refractivity contribution in [2.45, 2.75) is 0 Å². The fourth-order valence-corrected chi connectivity index (χ4v) is 2.64. The van der Waals surface area contributed by atoms with E-state index in [9.17, 15) is 9.18 Å². The second kappa shape index (κ2) is 5.63. The Balaban J connectivity index is 2.14. The van der Waals surface area contributed by atoms with Crippen molar-refractivity contribution in [3.8, 4) is 5.75 Å². The van der Waals surface area contributed by atoms with E-state index in [1.807, 2.05) is 0 Å². The molecule has 112 valence electrons. The number of hydrogen-bond donors (Lipinski definition) is 1. The lowest BCUT2D eigenvalue weighted by Gasteiger charge is -2.07.